The molecule has 180 valence electrons. The van der Waals surface area contributed by atoms with E-state index in [2.05, 4.69) is 78.5 Å². The molecule has 6 rings (SSSR count). The number of benzene rings is 3. The third-order valence-corrected chi connectivity index (χ3v) is 7.83. The van der Waals surface area contributed by atoms with E-state index in [1.807, 2.05) is 0 Å². The molecular weight excluding hydrogens is 432 g/mol. The number of likely N-dealkylation sites (tertiary alicyclic amines) is 1. The van der Waals surface area contributed by atoms with Crippen molar-refractivity contribution in [2.45, 2.75) is 39.0 Å². The highest BCUT2D eigenvalue weighted by Gasteiger charge is 2.29. The van der Waals surface area contributed by atoms with Crippen molar-refractivity contribution in [2.75, 3.05) is 26.7 Å². The number of hydrogen-bond donors (Lipinski definition) is 1. The SMILES string of the molecule is Cc1ccc2[nH]c3c(OCC4CCN(C)CC4)ccc(-c4cccc(CC(=O)C5CC5)c4)c3c2c1. The number of H-pyrrole nitrogens is 1. The first-order valence-electron chi connectivity index (χ1n) is 13.0. The molecule has 0 radical (unpaired) electrons. The van der Waals surface area contributed by atoms with Gasteiger partial charge in [-0.3, -0.25) is 4.79 Å². The van der Waals surface area contributed by atoms with Gasteiger partial charge in [0, 0.05) is 28.6 Å². The van der Waals surface area contributed by atoms with Gasteiger partial charge in [-0.2, -0.15) is 0 Å². The Kier molecular flexibility index (Phi) is 5.85. The molecule has 4 nitrogen and oxygen atoms in total. The van der Waals surface area contributed by atoms with Crippen LogP contribution in [0.25, 0.3) is 32.9 Å². The number of carbonyl (C=O) groups is 1. The van der Waals surface area contributed by atoms with Crippen molar-refractivity contribution in [3.05, 3.63) is 65.7 Å². The number of carbonyl (C=O) groups excluding carboxylic acids is 1. The lowest BCUT2D eigenvalue weighted by molar-refractivity contribution is -0.119. The van der Waals surface area contributed by atoms with Crippen LogP contribution in [0.4, 0.5) is 0 Å². The standard InChI is InChI=1S/C31H34N2O2/c1-20-6-10-27-26(16-20)30-25(24-5-3-4-22(17-24)18-28(34)23-7-8-23)9-11-29(31(30)32-27)35-19-21-12-14-33(2)15-13-21/h3-6,9-11,16-17,21,23,32H,7-8,12-15,18-19H2,1-2H3. The summed E-state index contributed by atoms with van der Waals surface area (Å²) in [5, 5.41) is 2.43. The van der Waals surface area contributed by atoms with Crippen molar-refractivity contribution in [3.8, 4) is 16.9 Å². The summed E-state index contributed by atoms with van der Waals surface area (Å²) in [4.78, 5) is 18.5. The maximum Gasteiger partial charge on any atom is 0.143 e. The second-order valence-electron chi connectivity index (χ2n) is 10.7. The Morgan fingerprint density at radius 3 is 2.66 bits per heavy atom. The van der Waals surface area contributed by atoms with E-state index in [4.69, 9.17) is 4.74 Å². The van der Waals surface area contributed by atoms with Crippen LogP contribution in [-0.2, 0) is 11.2 Å². The molecule has 0 atom stereocenters. The van der Waals surface area contributed by atoms with E-state index in [0.717, 1.165) is 60.4 Å². The molecule has 2 fully saturated rings. The van der Waals surface area contributed by atoms with E-state index >= 15 is 0 Å². The smallest absolute Gasteiger partial charge is 0.143 e. The van der Waals surface area contributed by atoms with Crippen LogP contribution in [-0.4, -0.2) is 42.4 Å². The maximum atomic E-state index is 12.4. The molecule has 1 aliphatic carbocycles. The minimum atomic E-state index is 0.294. The van der Waals surface area contributed by atoms with Crippen LogP contribution in [0.5, 0.6) is 5.75 Å². The average molecular weight is 467 g/mol. The Morgan fingerprint density at radius 1 is 1.03 bits per heavy atom. The van der Waals surface area contributed by atoms with Crippen molar-refractivity contribution >= 4 is 27.6 Å². The Balaban J connectivity index is 1.38. The topological polar surface area (TPSA) is 45.3 Å². The molecule has 2 heterocycles. The van der Waals surface area contributed by atoms with Crippen LogP contribution in [0, 0.1) is 18.8 Å². The second kappa shape index (κ2) is 9.16. The highest BCUT2D eigenvalue weighted by Crippen LogP contribution is 2.40. The normalized spacial score (nSPS) is 17.3. The van der Waals surface area contributed by atoms with Crippen molar-refractivity contribution in [2.24, 2.45) is 11.8 Å². The van der Waals surface area contributed by atoms with Gasteiger partial charge in [-0.05, 0) is 99.6 Å². The highest BCUT2D eigenvalue weighted by molar-refractivity contribution is 6.16. The number of rotatable bonds is 7. The quantitative estimate of drug-likeness (QED) is 0.336. The van der Waals surface area contributed by atoms with Crippen molar-refractivity contribution < 1.29 is 9.53 Å². The zero-order valence-electron chi connectivity index (χ0n) is 20.8. The first-order valence-corrected chi connectivity index (χ1v) is 13.0. The number of ketones is 1. The Bertz CT molecular complexity index is 1390. The average Bonchev–Trinajstić information content (AvgIpc) is 3.65. The highest BCUT2D eigenvalue weighted by atomic mass is 16.5. The Labute approximate surface area is 207 Å². The maximum absolute atomic E-state index is 12.4. The number of Topliss-reactive ketones (excluding diaryl/α,β-unsaturated/α-hetero) is 1. The van der Waals surface area contributed by atoms with E-state index in [1.54, 1.807) is 0 Å². The van der Waals surface area contributed by atoms with Gasteiger partial charge in [0.05, 0.1) is 12.1 Å². The lowest BCUT2D eigenvalue weighted by Gasteiger charge is -2.28. The number of aryl methyl sites for hydroxylation is 1. The Morgan fingerprint density at radius 2 is 1.86 bits per heavy atom. The summed E-state index contributed by atoms with van der Waals surface area (Å²) < 4.78 is 6.46. The summed E-state index contributed by atoms with van der Waals surface area (Å²) in [7, 11) is 2.20. The van der Waals surface area contributed by atoms with Crippen molar-refractivity contribution in [1.29, 1.82) is 0 Å². The van der Waals surface area contributed by atoms with E-state index in [1.165, 1.54) is 34.7 Å². The number of aromatic amines is 1. The molecule has 0 amide bonds. The molecule has 1 aromatic heterocycles. The molecular formula is C31H34N2O2. The van der Waals surface area contributed by atoms with Gasteiger partial charge in [-0.15, -0.1) is 0 Å². The molecule has 0 bridgehead atoms. The third-order valence-electron chi connectivity index (χ3n) is 7.83. The summed E-state index contributed by atoms with van der Waals surface area (Å²) in [6.45, 7) is 5.19. The summed E-state index contributed by atoms with van der Waals surface area (Å²) in [6, 6.07) is 19.4. The third kappa shape index (κ3) is 4.60. The van der Waals surface area contributed by atoms with Gasteiger partial charge >= 0.3 is 0 Å². The lowest BCUT2D eigenvalue weighted by Crippen LogP contribution is -2.32. The zero-order chi connectivity index (χ0) is 23.9. The summed E-state index contributed by atoms with van der Waals surface area (Å²) in [5.41, 5.74) is 6.87. The van der Waals surface area contributed by atoms with E-state index in [0.29, 0.717) is 24.0 Å². The van der Waals surface area contributed by atoms with Crippen molar-refractivity contribution in [1.82, 2.24) is 9.88 Å². The number of fused-ring (bicyclic) bond motifs is 3. The number of nitrogens with zero attached hydrogens (tertiary/aromatic N) is 1. The van der Waals surface area contributed by atoms with Gasteiger partial charge in [0.25, 0.3) is 0 Å². The molecule has 4 aromatic rings. The molecule has 3 aromatic carbocycles. The van der Waals surface area contributed by atoms with Gasteiger partial charge in [-0.1, -0.05) is 35.9 Å². The van der Waals surface area contributed by atoms with Gasteiger partial charge in [0.2, 0.25) is 0 Å². The molecule has 1 saturated carbocycles. The number of ether oxygens (including phenoxy) is 1. The van der Waals surface area contributed by atoms with Crippen LogP contribution >= 0.6 is 0 Å². The summed E-state index contributed by atoms with van der Waals surface area (Å²) in [6.07, 6.45) is 5.04. The van der Waals surface area contributed by atoms with Crippen LogP contribution in [0.1, 0.15) is 36.8 Å². The van der Waals surface area contributed by atoms with Crippen LogP contribution in [0.15, 0.2) is 54.6 Å². The molecule has 35 heavy (non-hydrogen) atoms. The second-order valence-corrected chi connectivity index (χ2v) is 10.7. The fourth-order valence-corrected chi connectivity index (χ4v) is 5.49. The van der Waals surface area contributed by atoms with E-state index < -0.39 is 0 Å². The van der Waals surface area contributed by atoms with Gasteiger partial charge in [0.15, 0.2) is 0 Å². The van der Waals surface area contributed by atoms with Crippen LogP contribution < -0.4 is 4.74 Å². The number of aromatic nitrogens is 1. The minimum absolute atomic E-state index is 0.294. The molecule has 2 aliphatic rings. The molecule has 0 unspecified atom stereocenters. The Hall–Kier alpha value is -3.11. The fraction of sp³-hybridized carbons (Fsp3) is 0.387. The van der Waals surface area contributed by atoms with E-state index in [-0.39, 0.29) is 0 Å². The first-order chi connectivity index (χ1) is 17.0. The molecule has 4 heteroatoms. The first kappa shape index (κ1) is 22.4. The summed E-state index contributed by atoms with van der Waals surface area (Å²) >= 11 is 0. The number of piperidine rings is 1. The van der Waals surface area contributed by atoms with Crippen LogP contribution in [0.3, 0.4) is 0 Å². The van der Waals surface area contributed by atoms with Gasteiger partial charge in [0.1, 0.15) is 11.5 Å². The molecule has 1 aliphatic heterocycles. The minimum Gasteiger partial charge on any atom is -0.491 e. The predicted octanol–water partition coefficient (Wildman–Crippen LogP) is 6.54. The fourth-order valence-electron chi connectivity index (χ4n) is 5.49. The van der Waals surface area contributed by atoms with Crippen molar-refractivity contribution in [3.63, 3.8) is 0 Å². The lowest BCUT2D eigenvalue weighted by atomic mass is 9.95. The molecule has 0 spiro atoms. The molecule has 1 saturated heterocycles. The monoisotopic (exact) mass is 466 g/mol. The predicted molar refractivity (Wildman–Crippen MR) is 143 cm³/mol. The van der Waals surface area contributed by atoms with Crippen LogP contribution in [0.2, 0.25) is 0 Å². The van der Waals surface area contributed by atoms with E-state index in [9.17, 15) is 4.79 Å². The summed E-state index contributed by atoms with van der Waals surface area (Å²) in [5.74, 6) is 2.21. The number of nitrogens with one attached hydrogen (secondary N) is 1. The molecule has 1 N–H and O–H groups in total. The largest absolute Gasteiger partial charge is 0.491 e. The van der Waals surface area contributed by atoms with Gasteiger partial charge < -0.3 is 14.6 Å². The van der Waals surface area contributed by atoms with Gasteiger partial charge in [-0.25, -0.2) is 0 Å². The number of hydrogen-bond acceptors (Lipinski definition) is 3. The zero-order valence-corrected chi connectivity index (χ0v) is 20.8.